The van der Waals surface area contributed by atoms with Crippen molar-refractivity contribution >= 4 is 50.8 Å². The van der Waals surface area contributed by atoms with Gasteiger partial charge in [0.1, 0.15) is 16.3 Å². The van der Waals surface area contributed by atoms with Crippen LogP contribution in [0, 0.1) is 12.7 Å². The smallest absolute Gasteiger partial charge is 0.309 e. The van der Waals surface area contributed by atoms with Crippen molar-refractivity contribution in [1.29, 1.82) is 0 Å². The third kappa shape index (κ3) is 6.05. The van der Waals surface area contributed by atoms with Crippen molar-refractivity contribution in [3.63, 3.8) is 0 Å². The van der Waals surface area contributed by atoms with Gasteiger partial charge in [-0.25, -0.2) is 19.4 Å². The van der Waals surface area contributed by atoms with E-state index in [0.29, 0.717) is 46.5 Å². The predicted octanol–water partition coefficient (Wildman–Crippen LogP) is 1.83. The highest BCUT2D eigenvalue weighted by Gasteiger charge is 2.21. The van der Waals surface area contributed by atoms with E-state index in [0.717, 1.165) is 42.4 Å². The summed E-state index contributed by atoms with van der Waals surface area (Å²) < 4.78 is 22.1. The van der Waals surface area contributed by atoms with Crippen molar-refractivity contribution in [3.05, 3.63) is 63.7 Å². The molecule has 1 fully saturated rings. The lowest BCUT2D eigenvalue weighted by Gasteiger charge is -2.36. The summed E-state index contributed by atoms with van der Waals surface area (Å²) >= 11 is 2.59. The van der Waals surface area contributed by atoms with Crippen LogP contribution in [0.15, 0.2) is 55.7 Å². The molecule has 1 aromatic carbocycles. The number of thiazole rings is 1. The Kier molecular flexibility index (Phi) is 9.62. The van der Waals surface area contributed by atoms with Gasteiger partial charge in [-0.05, 0) is 43.5 Å². The molecule has 0 atom stereocenters. The lowest BCUT2D eigenvalue weighted by atomic mass is 10.2. The van der Waals surface area contributed by atoms with Crippen molar-refractivity contribution < 1.29 is 19.8 Å². The minimum Gasteiger partial charge on any atom is -0.461 e. The molecular weight excluding hydrogens is 533 g/mol. The van der Waals surface area contributed by atoms with E-state index in [-0.39, 0.29) is 27.5 Å². The summed E-state index contributed by atoms with van der Waals surface area (Å²) in [5, 5.41) is 0. The van der Waals surface area contributed by atoms with Gasteiger partial charge in [0.2, 0.25) is 0 Å². The number of aromatic nitrogens is 3. The van der Waals surface area contributed by atoms with E-state index in [1.165, 1.54) is 18.0 Å². The number of hydrogen-bond acceptors (Lipinski definition) is 9. The zero-order valence-electron chi connectivity index (χ0n) is 21.0. The summed E-state index contributed by atoms with van der Waals surface area (Å²) in [6, 6.07) is 8.84. The zero-order chi connectivity index (χ0) is 25.2. The number of hydrogen-bond donors (Lipinski definition) is 1. The normalized spacial score (nSPS) is 14.4. The number of halogens is 1. The molecule has 0 aliphatic carbocycles. The number of piperazine rings is 1. The van der Waals surface area contributed by atoms with Crippen molar-refractivity contribution in [1.82, 2.24) is 19.4 Å². The molecule has 5 rings (SSSR count). The van der Waals surface area contributed by atoms with Gasteiger partial charge in [0.25, 0.3) is 0 Å². The number of rotatable bonds is 7. The van der Waals surface area contributed by atoms with Gasteiger partial charge < -0.3 is 26.0 Å². The Morgan fingerprint density at radius 2 is 1.95 bits per heavy atom. The highest BCUT2D eigenvalue weighted by Crippen LogP contribution is 2.27. The number of amidine groups is 1. The summed E-state index contributed by atoms with van der Waals surface area (Å²) in [5.41, 5.74) is 7.27. The molecule has 3 aromatic heterocycles. The van der Waals surface area contributed by atoms with E-state index in [9.17, 15) is 9.18 Å². The van der Waals surface area contributed by atoms with Crippen LogP contribution in [0.5, 0.6) is 0 Å². The molecule has 11 nitrogen and oxygen atoms in total. The molecule has 6 N–H and O–H groups in total. The SMILES string of the molecule is CSc1ccc(N2CCN(CCn3c(=O)sc4c(/N=C(\N)c5ccco5)nc(C)nc43)CC2)c(F)c1.O.O. The lowest BCUT2D eigenvalue weighted by molar-refractivity contribution is 0.248. The first-order valence-corrected chi connectivity index (χ1v) is 13.5. The third-order valence-corrected chi connectivity index (χ3v) is 7.80. The highest BCUT2D eigenvalue weighted by atomic mass is 32.2. The number of nitrogens with zero attached hydrogens (tertiary/aromatic N) is 6. The Hall–Kier alpha value is -3.30. The molecule has 0 bridgehead atoms. The zero-order valence-corrected chi connectivity index (χ0v) is 22.6. The molecule has 0 unspecified atom stereocenters. The topological polar surface area (TPSA) is 169 Å². The average Bonchev–Trinajstić information content (AvgIpc) is 3.51. The maximum Gasteiger partial charge on any atom is 0.309 e. The molecule has 38 heavy (non-hydrogen) atoms. The van der Waals surface area contributed by atoms with Gasteiger partial charge in [0, 0.05) is 44.2 Å². The van der Waals surface area contributed by atoms with Crippen LogP contribution in [0.3, 0.4) is 0 Å². The minimum atomic E-state index is -0.187. The molecule has 14 heteroatoms. The molecule has 1 aliphatic rings. The van der Waals surface area contributed by atoms with E-state index >= 15 is 0 Å². The number of furan rings is 1. The van der Waals surface area contributed by atoms with E-state index in [2.05, 4.69) is 24.8 Å². The fraction of sp³-hybridized carbons (Fsp3) is 0.333. The Morgan fingerprint density at radius 3 is 2.61 bits per heavy atom. The highest BCUT2D eigenvalue weighted by molar-refractivity contribution is 7.98. The van der Waals surface area contributed by atoms with Crippen LogP contribution in [-0.2, 0) is 6.54 Å². The number of nitrogens with two attached hydrogens (primary N) is 1. The van der Waals surface area contributed by atoms with Crippen LogP contribution >= 0.6 is 23.1 Å². The van der Waals surface area contributed by atoms with E-state index in [1.807, 2.05) is 18.4 Å². The van der Waals surface area contributed by atoms with E-state index < -0.39 is 0 Å². The summed E-state index contributed by atoms with van der Waals surface area (Å²) in [6.45, 7) is 5.94. The second-order valence-electron chi connectivity index (χ2n) is 8.39. The summed E-state index contributed by atoms with van der Waals surface area (Å²) in [7, 11) is 0. The summed E-state index contributed by atoms with van der Waals surface area (Å²) in [5.74, 6) is 1.29. The standard InChI is InChI=1S/C24H26FN7O2S2.2H2O/c1-15-27-22(29-21(26)19-4-3-13-34-19)20-23(28-15)32(24(33)36-20)12-9-30-7-10-31(11-8-30)18-6-5-16(35-2)14-17(18)25;;/h3-6,13-14H,7-12H2,1-2H3,(H2,26,27,28,29);2*1H2. The molecule has 0 saturated carbocycles. The lowest BCUT2D eigenvalue weighted by Crippen LogP contribution is -2.47. The van der Waals surface area contributed by atoms with Crippen molar-refractivity contribution in [2.24, 2.45) is 10.7 Å². The first kappa shape index (κ1) is 29.3. The molecule has 0 spiro atoms. The largest absolute Gasteiger partial charge is 0.461 e. The quantitative estimate of drug-likeness (QED) is 0.202. The van der Waals surface area contributed by atoms with Gasteiger partial charge in [-0.3, -0.25) is 14.3 Å². The first-order chi connectivity index (χ1) is 17.4. The molecule has 204 valence electrons. The Balaban J connectivity index is 0.00000200. The second kappa shape index (κ2) is 12.5. The van der Waals surface area contributed by atoms with Crippen LogP contribution in [0.25, 0.3) is 10.3 Å². The summed E-state index contributed by atoms with van der Waals surface area (Å²) in [6.07, 6.45) is 3.46. The van der Waals surface area contributed by atoms with Crippen LogP contribution in [0.1, 0.15) is 11.6 Å². The first-order valence-electron chi connectivity index (χ1n) is 11.5. The maximum absolute atomic E-state index is 14.5. The Morgan fingerprint density at radius 1 is 1.18 bits per heavy atom. The molecule has 4 heterocycles. The van der Waals surface area contributed by atoms with Crippen molar-refractivity contribution in [2.75, 3.05) is 43.9 Å². The third-order valence-electron chi connectivity index (χ3n) is 6.11. The van der Waals surface area contributed by atoms with Gasteiger partial charge in [-0.1, -0.05) is 11.3 Å². The molecule has 1 saturated heterocycles. The van der Waals surface area contributed by atoms with E-state index in [4.69, 9.17) is 10.2 Å². The fourth-order valence-corrected chi connectivity index (χ4v) is 5.55. The van der Waals surface area contributed by atoms with Crippen LogP contribution in [0.4, 0.5) is 15.9 Å². The van der Waals surface area contributed by atoms with E-state index in [1.54, 1.807) is 29.7 Å². The molecular formula is C24H30FN7O4S2. The predicted molar refractivity (Wildman–Crippen MR) is 150 cm³/mol. The number of benzene rings is 1. The number of aryl methyl sites for hydroxylation is 1. The van der Waals surface area contributed by atoms with Gasteiger partial charge in [0.05, 0.1) is 12.0 Å². The number of anilines is 1. The molecule has 1 aliphatic heterocycles. The number of aliphatic imine (C=N–C) groups is 1. The fourth-order valence-electron chi connectivity index (χ4n) is 4.23. The second-order valence-corrected chi connectivity index (χ2v) is 10.2. The van der Waals surface area contributed by atoms with Gasteiger partial charge in [0.15, 0.2) is 23.1 Å². The van der Waals surface area contributed by atoms with Crippen LogP contribution < -0.4 is 15.5 Å². The monoisotopic (exact) mass is 563 g/mol. The summed E-state index contributed by atoms with van der Waals surface area (Å²) in [4.78, 5) is 31.4. The Labute approximate surface area is 226 Å². The number of fused-ring (bicyclic) bond motifs is 1. The Bertz CT molecular complexity index is 1460. The number of thioether (sulfide) groups is 1. The van der Waals surface area contributed by atoms with Gasteiger partial charge in [-0.2, -0.15) is 0 Å². The molecule has 0 amide bonds. The average molecular weight is 564 g/mol. The molecule has 4 aromatic rings. The maximum atomic E-state index is 14.5. The van der Waals surface area contributed by atoms with Crippen LogP contribution in [-0.4, -0.2) is 75.2 Å². The van der Waals surface area contributed by atoms with Crippen molar-refractivity contribution in [2.45, 2.75) is 18.4 Å². The minimum absolute atomic E-state index is 0. The van der Waals surface area contributed by atoms with Crippen LogP contribution in [0.2, 0.25) is 0 Å². The van der Waals surface area contributed by atoms with Crippen molar-refractivity contribution in [3.8, 4) is 0 Å². The molecule has 0 radical (unpaired) electrons. The van der Waals surface area contributed by atoms with Gasteiger partial charge >= 0.3 is 4.87 Å². The van der Waals surface area contributed by atoms with Gasteiger partial charge in [-0.15, -0.1) is 11.8 Å².